The number of oxazole rings is 1. The number of rotatable bonds is 6. The van der Waals surface area contributed by atoms with E-state index in [1.54, 1.807) is 0 Å². The SMILES string of the molecule is N#CCCCOc1cccc(-c2nc3ccc(-c4ccccc4)cc3o2)c1. The maximum absolute atomic E-state index is 8.59. The number of aromatic nitrogens is 1. The normalized spacial score (nSPS) is 10.6. The van der Waals surface area contributed by atoms with Gasteiger partial charge in [-0.3, -0.25) is 0 Å². The minimum Gasteiger partial charge on any atom is -0.494 e. The van der Waals surface area contributed by atoms with Crippen molar-refractivity contribution in [2.45, 2.75) is 12.8 Å². The Morgan fingerprint density at radius 3 is 2.59 bits per heavy atom. The standard InChI is InChI=1S/C23H18N2O2/c24-13-4-5-14-26-20-10-6-9-19(15-20)23-25-21-12-11-18(16-22(21)27-23)17-7-2-1-3-8-17/h1-3,6-12,15-16H,4-5,14H2. The van der Waals surface area contributed by atoms with Crippen LogP contribution in [0.5, 0.6) is 5.75 Å². The largest absolute Gasteiger partial charge is 0.494 e. The van der Waals surface area contributed by atoms with E-state index in [9.17, 15) is 0 Å². The number of nitriles is 1. The van der Waals surface area contributed by atoms with E-state index in [0.717, 1.165) is 33.5 Å². The third-order valence-electron chi connectivity index (χ3n) is 4.28. The van der Waals surface area contributed by atoms with E-state index in [1.165, 1.54) is 0 Å². The van der Waals surface area contributed by atoms with E-state index in [-0.39, 0.29) is 0 Å². The molecular formula is C23H18N2O2. The smallest absolute Gasteiger partial charge is 0.227 e. The topological polar surface area (TPSA) is 59.0 Å². The molecule has 0 atom stereocenters. The molecule has 1 heterocycles. The first-order chi connectivity index (χ1) is 13.3. The molecule has 0 radical (unpaired) electrons. The first-order valence-electron chi connectivity index (χ1n) is 8.90. The van der Waals surface area contributed by atoms with Gasteiger partial charge in [-0.25, -0.2) is 4.98 Å². The van der Waals surface area contributed by atoms with Crippen LogP contribution in [0.3, 0.4) is 0 Å². The Bertz CT molecular complexity index is 1090. The van der Waals surface area contributed by atoms with E-state index >= 15 is 0 Å². The molecule has 4 rings (SSSR count). The molecule has 27 heavy (non-hydrogen) atoms. The van der Waals surface area contributed by atoms with Crippen molar-refractivity contribution in [3.63, 3.8) is 0 Å². The summed E-state index contributed by atoms with van der Waals surface area (Å²) in [5.74, 6) is 1.32. The van der Waals surface area contributed by atoms with Crippen molar-refractivity contribution in [3.05, 3.63) is 72.8 Å². The zero-order chi connectivity index (χ0) is 18.5. The van der Waals surface area contributed by atoms with Crippen LogP contribution in [0.15, 0.2) is 77.2 Å². The molecule has 4 aromatic rings. The third-order valence-corrected chi connectivity index (χ3v) is 4.28. The minimum atomic E-state index is 0.495. The Morgan fingerprint density at radius 1 is 0.889 bits per heavy atom. The zero-order valence-corrected chi connectivity index (χ0v) is 14.8. The zero-order valence-electron chi connectivity index (χ0n) is 14.8. The Balaban J connectivity index is 1.60. The van der Waals surface area contributed by atoms with Crippen LogP contribution in [-0.4, -0.2) is 11.6 Å². The van der Waals surface area contributed by atoms with Crippen LogP contribution in [0, 0.1) is 11.3 Å². The average molecular weight is 354 g/mol. The van der Waals surface area contributed by atoms with Gasteiger partial charge in [-0.05, 0) is 47.9 Å². The van der Waals surface area contributed by atoms with Gasteiger partial charge in [-0.2, -0.15) is 5.26 Å². The van der Waals surface area contributed by atoms with Crippen molar-refractivity contribution in [1.29, 1.82) is 5.26 Å². The van der Waals surface area contributed by atoms with Crippen molar-refractivity contribution < 1.29 is 9.15 Å². The summed E-state index contributed by atoms with van der Waals surface area (Å²) in [5, 5.41) is 8.59. The predicted octanol–water partition coefficient (Wildman–Crippen LogP) is 5.84. The van der Waals surface area contributed by atoms with Crippen LogP contribution in [0.2, 0.25) is 0 Å². The molecule has 0 amide bonds. The van der Waals surface area contributed by atoms with E-state index < -0.39 is 0 Å². The maximum atomic E-state index is 8.59. The fourth-order valence-corrected chi connectivity index (χ4v) is 2.92. The molecule has 0 bridgehead atoms. The number of unbranched alkanes of at least 4 members (excludes halogenated alkanes) is 1. The highest BCUT2D eigenvalue weighted by molar-refractivity contribution is 5.82. The van der Waals surface area contributed by atoms with Crippen molar-refractivity contribution in [1.82, 2.24) is 4.98 Å². The molecule has 0 aliphatic rings. The third kappa shape index (κ3) is 3.83. The summed E-state index contributed by atoms with van der Waals surface area (Å²) in [6.45, 7) is 0.519. The fourth-order valence-electron chi connectivity index (χ4n) is 2.92. The Kier molecular flexibility index (Phi) is 4.84. The van der Waals surface area contributed by atoms with Gasteiger partial charge in [0.2, 0.25) is 5.89 Å². The predicted molar refractivity (Wildman–Crippen MR) is 105 cm³/mol. The number of nitrogens with zero attached hydrogens (tertiary/aromatic N) is 2. The molecule has 1 aromatic heterocycles. The van der Waals surface area contributed by atoms with Gasteiger partial charge in [0.1, 0.15) is 11.3 Å². The summed E-state index contributed by atoms with van der Waals surface area (Å²) in [7, 11) is 0. The molecule has 0 N–H and O–H groups in total. The maximum Gasteiger partial charge on any atom is 0.227 e. The molecule has 4 heteroatoms. The van der Waals surface area contributed by atoms with E-state index in [1.807, 2.05) is 54.6 Å². The van der Waals surface area contributed by atoms with Crippen LogP contribution >= 0.6 is 0 Å². The second-order valence-electron chi connectivity index (χ2n) is 6.21. The van der Waals surface area contributed by atoms with Gasteiger partial charge in [-0.1, -0.05) is 42.5 Å². The van der Waals surface area contributed by atoms with Crippen molar-refractivity contribution >= 4 is 11.1 Å². The lowest BCUT2D eigenvalue weighted by molar-refractivity contribution is 0.313. The fraction of sp³-hybridized carbons (Fsp3) is 0.130. The van der Waals surface area contributed by atoms with E-state index in [0.29, 0.717) is 25.3 Å². The van der Waals surface area contributed by atoms with E-state index in [2.05, 4.69) is 29.3 Å². The summed E-state index contributed by atoms with van der Waals surface area (Å²) < 4.78 is 11.7. The number of benzene rings is 3. The second kappa shape index (κ2) is 7.76. The van der Waals surface area contributed by atoms with E-state index in [4.69, 9.17) is 14.4 Å². The molecule has 4 nitrogen and oxygen atoms in total. The monoisotopic (exact) mass is 354 g/mol. The summed E-state index contributed by atoms with van der Waals surface area (Å²) in [6.07, 6.45) is 1.21. The van der Waals surface area contributed by atoms with Gasteiger partial charge in [0.15, 0.2) is 5.58 Å². The Labute approximate surface area is 157 Å². The van der Waals surface area contributed by atoms with Crippen LogP contribution in [0.4, 0.5) is 0 Å². The number of ether oxygens (including phenoxy) is 1. The lowest BCUT2D eigenvalue weighted by Crippen LogP contribution is -1.96. The van der Waals surface area contributed by atoms with Crippen LogP contribution in [-0.2, 0) is 0 Å². The number of hydrogen-bond acceptors (Lipinski definition) is 4. The molecule has 0 saturated carbocycles. The first-order valence-corrected chi connectivity index (χ1v) is 8.90. The molecule has 3 aromatic carbocycles. The Morgan fingerprint density at radius 2 is 1.74 bits per heavy atom. The highest BCUT2D eigenvalue weighted by Crippen LogP contribution is 2.30. The summed E-state index contributed by atoms with van der Waals surface area (Å²) >= 11 is 0. The van der Waals surface area contributed by atoms with Gasteiger partial charge in [-0.15, -0.1) is 0 Å². The highest BCUT2D eigenvalue weighted by atomic mass is 16.5. The van der Waals surface area contributed by atoms with Crippen LogP contribution < -0.4 is 4.74 Å². The summed E-state index contributed by atoms with van der Waals surface area (Å²) in [5.41, 5.74) is 4.69. The second-order valence-corrected chi connectivity index (χ2v) is 6.21. The van der Waals surface area contributed by atoms with Gasteiger partial charge >= 0.3 is 0 Å². The first kappa shape index (κ1) is 16.9. The van der Waals surface area contributed by atoms with Gasteiger partial charge < -0.3 is 9.15 Å². The number of fused-ring (bicyclic) bond motifs is 1. The minimum absolute atomic E-state index is 0.495. The molecule has 0 unspecified atom stereocenters. The average Bonchev–Trinajstić information content (AvgIpc) is 3.16. The molecular weight excluding hydrogens is 336 g/mol. The van der Waals surface area contributed by atoms with Crippen molar-refractivity contribution in [2.24, 2.45) is 0 Å². The molecule has 0 fully saturated rings. The summed E-state index contributed by atoms with van der Waals surface area (Å²) in [6, 6.07) is 26.0. The molecule has 0 spiro atoms. The van der Waals surface area contributed by atoms with Gasteiger partial charge in [0.25, 0.3) is 0 Å². The summed E-state index contributed by atoms with van der Waals surface area (Å²) in [4.78, 5) is 4.60. The van der Waals surface area contributed by atoms with Crippen molar-refractivity contribution in [3.8, 4) is 34.4 Å². The van der Waals surface area contributed by atoms with Crippen LogP contribution in [0.1, 0.15) is 12.8 Å². The molecule has 0 aliphatic carbocycles. The van der Waals surface area contributed by atoms with Crippen LogP contribution in [0.25, 0.3) is 33.7 Å². The molecule has 0 aliphatic heterocycles. The quantitative estimate of drug-likeness (QED) is 0.408. The Hall–Kier alpha value is -3.58. The number of hydrogen-bond donors (Lipinski definition) is 0. The van der Waals surface area contributed by atoms with Crippen molar-refractivity contribution in [2.75, 3.05) is 6.61 Å². The lowest BCUT2D eigenvalue weighted by atomic mass is 10.1. The molecule has 0 saturated heterocycles. The highest BCUT2D eigenvalue weighted by Gasteiger charge is 2.10. The lowest BCUT2D eigenvalue weighted by Gasteiger charge is -2.05. The molecule has 132 valence electrons. The van der Waals surface area contributed by atoms with Gasteiger partial charge in [0, 0.05) is 12.0 Å². The van der Waals surface area contributed by atoms with Gasteiger partial charge in [0.05, 0.1) is 12.7 Å².